The minimum Gasteiger partial charge on any atom is -0.496 e. The van der Waals surface area contributed by atoms with E-state index in [4.69, 9.17) is 10.5 Å². The van der Waals surface area contributed by atoms with E-state index in [1.54, 1.807) is 7.11 Å². The van der Waals surface area contributed by atoms with Crippen LogP contribution in [0.2, 0.25) is 0 Å². The molecular weight excluding hydrogens is 356 g/mol. The van der Waals surface area contributed by atoms with Gasteiger partial charge in [-0.1, -0.05) is 22.4 Å². The van der Waals surface area contributed by atoms with Crippen molar-refractivity contribution < 1.29 is 9.53 Å². The normalized spacial score (nSPS) is 20.7. The topological polar surface area (TPSA) is 64.3 Å². The number of amides is 1. The second kappa shape index (κ2) is 8.61. The molecule has 118 valence electrons. The van der Waals surface area contributed by atoms with Gasteiger partial charge >= 0.3 is 0 Å². The molecule has 1 fully saturated rings. The Labute approximate surface area is 140 Å². The summed E-state index contributed by atoms with van der Waals surface area (Å²) in [6.45, 7) is 0.644. The molecule has 6 heteroatoms. The molecule has 3 N–H and O–H groups in total. The predicted octanol–water partition coefficient (Wildman–Crippen LogP) is 2.67. The van der Waals surface area contributed by atoms with E-state index in [0.717, 1.165) is 35.0 Å². The molecule has 0 heterocycles. The molecular formula is C15H22BrClN2O2. The Hall–Kier alpha value is -0.780. The molecule has 4 nitrogen and oxygen atoms in total. The molecule has 1 aromatic rings. The summed E-state index contributed by atoms with van der Waals surface area (Å²) in [6, 6.07) is 5.92. The molecule has 2 unspecified atom stereocenters. The molecule has 0 bridgehead atoms. The van der Waals surface area contributed by atoms with E-state index < -0.39 is 0 Å². The van der Waals surface area contributed by atoms with Crippen molar-refractivity contribution in [2.75, 3.05) is 13.7 Å². The van der Waals surface area contributed by atoms with Crippen LogP contribution < -0.4 is 15.8 Å². The third kappa shape index (κ3) is 4.87. The number of nitrogens with two attached hydrogens (primary N) is 1. The van der Waals surface area contributed by atoms with Crippen LogP contribution in [0, 0.1) is 5.92 Å². The lowest BCUT2D eigenvalue weighted by Crippen LogP contribution is -2.40. The highest BCUT2D eigenvalue weighted by Gasteiger charge is 2.27. The van der Waals surface area contributed by atoms with E-state index in [1.807, 2.05) is 18.2 Å². The molecule has 1 amide bonds. The third-order valence-electron chi connectivity index (χ3n) is 3.90. The number of hydrogen-bond acceptors (Lipinski definition) is 3. The van der Waals surface area contributed by atoms with Gasteiger partial charge in [0.1, 0.15) is 5.75 Å². The number of halogens is 2. The van der Waals surface area contributed by atoms with Crippen LogP contribution in [0.25, 0.3) is 0 Å². The van der Waals surface area contributed by atoms with Gasteiger partial charge in [0.05, 0.1) is 13.5 Å². The number of carbonyl (C=O) groups is 1. The average Bonchev–Trinajstić information content (AvgIpc) is 2.86. The maximum atomic E-state index is 12.2. The van der Waals surface area contributed by atoms with Gasteiger partial charge in [0, 0.05) is 16.1 Å². The van der Waals surface area contributed by atoms with Crippen LogP contribution in [0.1, 0.15) is 24.8 Å². The van der Waals surface area contributed by atoms with Crippen LogP contribution in [0.3, 0.4) is 0 Å². The summed E-state index contributed by atoms with van der Waals surface area (Å²) < 4.78 is 6.24. The van der Waals surface area contributed by atoms with Crippen molar-refractivity contribution >= 4 is 34.2 Å². The van der Waals surface area contributed by atoms with Gasteiger partial charge in [-0.2, -0.15) is 0 Å². The second-order valence-electron chi connectivity index (χ2n) is 5.23. The molecule has 21 heavy (non-hydrogen) atoms. The van der Waals surface area contributed by atoms with Crippen molar-refractivity contribution in [3.8, 4) is 5.75 Å². The summed E-state index contributed by atoms with van der Waals surface area (Å²) in [6.07, 6.45) is 3.62. The van der Waals surface area contributed by atoms with E-state index in [-0.39, 0.29) is 24.4 Å². The Morgan fingerprint density at radius 2 is 2.24 bits per heavy atom. The molecule has 2 rings (SSSR count). The fraction of sp³-hybridized carbons (Fsp3) is 0.533. The van der Waals surface area contributed by atoms with E-state index in [9.17, 15) is 4.79 Å². The number of ether oxygens (including phenoxy) is 1. The summed E-state index contributed by atoms with van der Waals surface area (Å²) in [7, 11) is 1.62. The van der Waals surface area contributed by atoms with Crippen molar-refractivity contribution in [1.82, 2.24) is 5.32 Å². The van der Waals surface area contributed by atoms with Crippen LogP contribution in [-0.2, 0) is 11.2 Å². The first-order valence-electron chi connectivity index (χ1n) is 6.96. The van der Waals surface area contributed by atoms with Crippen molar-refractivity contribution in [3.05, 3.63) is 28.2 Å². The summed E-state index contributed by atoms with van der Waals surface area (Å²) in [5.74, 6) is 1.19. The van der Waals surface area contributed by atoms with Crippen molar-refractivity contribution in [2.45, 2.75) is 31.7 Å². The number of carbonyl (C=O) groups excluding carboxylic acids is 1. The molecule has 0 aliphatic heterocycles. The van der Waals surface area contributed by atoms with E-state index in [2.05, 4.69) is 21.2 Å². The van der Waals surface area contributed by atoms with Crippen LogP contribution in [0.15, 0.2) is 22.7 Å². The Morgan fingerprint density at radius 1 is 1.48 bits per heavy atom. The third-order valence-corrected chi connectivity index (χ3v) is 4.39. The first-order chi connectivity index (χ1) is 9.63. The molecule has 0 spiro atoms. The molecule has 1 saturated carbocycles. The second-order valence-corrected chi connectivity index (χ2v) is 6.15. The SMILES string of the molecule is COc1ccc(Br)cc1CC(=O)NC1CCCC1CN.Cl. The summed E-state index contributed by atoms with van der Waals surface area (Å²) in [5.41, 5.74) is 6.63. The lowest BCUT2D eigenvalue weighted by molar-refractivity contribution is -0.121. The quantitative estimate of drug-likeness (QED) is 0.829. The molecule has 0 aromatic heterocycles. The fourth-order valence-electron chi connectivity index (χ4n) is 2.83. The van der Waals surface area contributed by atoms with Gasteiger partial charge in [-0.25, -0.2) is 0 Å². The summed E-state index contributed by atoms with van der Waals surface area (Å²) in [5, 5.41) is 3.11. The molecule has 0 radical (unpaired) electrons. The first-order valence-corrected chi connectivity index (χ1v) is 7.75. The zero-order valence-corrected chi connectivity index (χ0v) is 14.5. The van der Waals surface area contributed by atoms with Gasteiger partial charge < -0.3 is 15.8 Å². The van der Waals surface area contributed by atoms with Crippen molar-refractivity contribution in [2.24, 2.45) is 11.7 Å². The van der Waals surface area contributed by atoms with E-state index >= 15 is 0 Å². The van der Waals surface area contributed by atoms with Crippen LogP contribution >= 0.6 is 28.3 Å². The van der Waals surface area contributed by atoms with Crippen molar-refractivity contribution in [1.29, 1.82) is 0 Å². The largest absolute Gasteiger partial charge is 0.496 e. The lowest BCUT2D eigenvalue weighted by Gasteiger charge is -2.19. The number of nitrogens with one attached hydrogen (secondary N) is 1. The van der Waals surface area contributed by atoms with Gasteiger partial charge in [0.25, 0.3) is 0 Å². The minimum absolute atomic E-state index is 0. The predicted molar refractivity (Wildman–Crippen MR) is 90.0 cm³/mol. The smallest absolute Gasteiger partial charge is 0.224 e. The van der Waals surface area contributed by atoms with Gasteiger partial charge in [-0.3, -0.25) is 4.79 Å². The summed E-state index contributed by atoms with van der Waals surface area (Å²) in [4.78, 5) is 12.2. The van der Waals surface area contributed by atoms with Gasteiger partial charge in [0.2, 0.25) is 5.91 Å². The Morgan fingerprint density at radius 3 is 2.90 bits per heavy atom. The highest BCUT2D eigenvalue weighted by Crippen LogP contribution is 2.26. The fourth-order valence-corrected chi connectivity index (χ4v) is 3.23. The van der Waals surface area contributed by atoms with Crippen LogP contribution in [0.4, 0.5) is 0 Å². The number of benzene rings is 1. The van der Waals surface area contributed by atoms with Crippen LogP contribution in [-0.4, -0.2) is 25.6 Å². The molecule has 0 saturated heterocycles. The van der Waals surface area contributed by atoms with Gasteiger partial charge in [-0.05, 0) is 43.5 Å². The molecule has 1 aromatic carbocycles. The average molecular weight is 378 g/mol. The molecule has 2 atom stereocenters. The van der Waals surface area contributed by atoms with Crippen LogP contribution in [0.5, 0.6) is 5.75 Å². The highest BCUT2D eigenvalue weighted by atomic mass is 79.9. The van der Waals surface area contributed by atoms with E-state index in [1.165, 1.54) is 0 Å². The molecule has 1 aliphatic rings. The lowest BCUT2D eigenvalue weighted by atomic mass is 10.0. The van der Waals surface area contributed by atoms with Gasteiger partial charge in [0.15, 0.2) is 0 Å². The first kappa shape index (κ1) is 18.3. The summed E-state index contributed by atoms with van der Waals surface area (Å²) >= 11 is 3.42. The molecule has 1 aliphatic carbocycles. The maximum absolute atomic E-state index is 12.2. The highest BCUT2D eigenvalue weighted by molar-refractivity contribution is 9.10. The maximum Gasteiger partial charge on any atom is 0.224 e. The minimum atomic E-state index is 0. The zero-order valence-electron chi connectivity index (χ0n) is 12.1. The number of hydrogen-bond donors (Lipinski definition) is 2. The van der Waals surface area contributed by atoms with Gasteiger partial charge in [-0.15, -0.1) is 12.4 Å². The number of rotatable bonds is 5. The Kier molecular flexibility index (Phi) is 7.49. The monoisotopic (exact) mass is 376 g/mol. The zero-order chi connectivity index (χ0) is 14.5. The Bertz CT molecular complexity index is 485. The van der Waals surface area contributed by atoms with Crippen molar-refractivity contribution in [3.63, 3.8) is 0 Å². The standard InChI is InChI=1S/C15H21BrN2O2.ClH/c1-20-14-6-5-12(16)7-11(14)8-15(19)18-13-4-2-3-10(13)9-17;/h5-7,10,13H,2-4,8-9,17H2,1H3,(H,18,19);1H. The number of methoxy groups -OCH3 is 1. The van der Waals surface area contributed by atoms with E-state index in [0.29, 0.717) is 18.9 Å². The Balaban J connectivity index is 0.00000220.